The Balaban J connectivity index is 0.00000400. The van der Waals surface area contributed by atoms with Gasteiger partial charge in [0.1, 0.15) is 12.4 Å². The zero-order chi connectivity index (χ0) is 14.6. The van der Waals surface area contributed by atoms with Crippen LogP contribution < -0.4 is 15.4 Å². The van der Waals surface area contributed by atoms with E-state index >= 15 is 0 Å². The van der Waals surface area contributed by atoms with Crippen LogP contribution in [0.5, 0.6) is 5.75 Å². The lowest BCUT2D eigenvalue weighted by Gasteiger charge is -2.12. The zero-order valence-electron chi connectivity index (χ0n) is 12.4. The fraction of sp³-hybridized carbons (Fsp3) is 0.500. The minimum Gasteiger partial charge on any atom is -0.490 e. The summed E-state index contributed by atoms with van der Waals surface area (Å²) < 4.78 is 5.61. The first-order chi connectivity index (χ1) is 9.77. The second-order valence-corrected chi connectivity index (χ2v) is 5.35. The van der Waals surface area contributed by atoms with Gasteiger partial charge in [0, 0.05) is 12.3 Å². The minimum atomic E-state index is 0. The normalized spacial score (nSPS) is 10.7. The number of hydrogen-bond acceptors (Lipinski definition) is 3. The second kappa shape index (κ2) is 13.3. The van der Waals surface area contributed by atoms with E-state index in [2.05, 4.69) is 21.9 Å². The van der Waals surface area contributed by atoms with Crippen molar-refractivity contribution >= 4 is 53.3 Å². The number of nitrogens with zero attached hydrogens (tertiary/aromatic N) is 1. The van der Waals surface area contributed by atoms with E-state index in [1.165, 1.54) is 0 Å². The number of para-hydroxylation sites is 1. The van der Waals surface area contributed by atoms with Crippen LogP contribution in [0.1, 0.15) is 6.92 Å². The molecule has 0 aliphatic heterocycles. The summed E-state index contributed by atoms with van der Waals surface area (Å²) in [5.74, 6) is 2.55. The third-order valence-corrected chi connectivity index (χ3v) is 3.30. The summed E-state index contributed by atoms with van der Waals surface area (Å²) in [5, 5.41) is 7.06. The molecule has 0 bridgehead atoms. The molecular formula is C14H23ClIN3OS. The minimum absolute atomic E-state index is 0. The van der Waals surface area contributed by atoms with E-state index in [4.69, 9.17) is 16.3 Å². The van der Waals surface area contributed by atoms with Crippen LogP contribution in [0, 0.1) is 0 Å². The van der Waals surface area contributed by atoms with Crippen LogP contribution in [0.15, 0.2) is 29.3 Å². The highest BCUT2D eigenvalue weighted by Gasteiger charge is 2.00. The standard InChI is InChI=1S/C14H22ClN3OS.HI/c1-3-16-14(18-9-11-20-2)17-8-10-19-13-7-5-4-6-12(13)15;/h4-7H,3,8-11H2,1-2H3,(H2,16,17,18);1H. The summed E-state index contributed by atoms with van der Waals surface area (Å²) in [6.07, 6.45) is 2.08. The van der Waals surface area contributed by atoms with Gasteiger partial charge in [0.2, 0.25) is 0 Å². The van der Waals surface area contributed by atoms with Gasteiger partial charge in [-0.3, -0.25) is 4.99 Å². The monoisotopic (exact) mass is 443 g/mol. The fourth-order valence-corrected chi connectivity index (χ4v) is 1.95. The number of halogens is 2. The number of aliphatic imine (C=N–C) groups is 1. The van der Waals surface area contributed by atoms with Crippen molar-refractivity contribution in [3.8, 4) is 5.75 Å². The number of guanidine groups is 1. The Labute approximate surface area is 153 Å². The molecule has 0 atom stereocenters. The topological polar surface area (TPSA) is 45.7 Å². The summed E-state index contributed by atoms with van der Waals surface area (Å²) >= 11 is 7.80. The van der Waals surface area contributed by atoms with Gasteiger partial charge in [-0.1, -0.05) is 23.7 Å². The van der Waals surface area contributed by atoms with Crippen molar-refractivity contribution in [3.05, 3.63) is 29.3 Å². The zero-order valence-corrected chi connectivity index (χ0v) is 16.3. The van der Waals surface area contributed by atoms with E-state index in [1.807, 2.05) is 31.2 Å². The number of hydrogen-bond donors (Lipinski definition) is 2. The molecule has 0 aliphatic carbocycles. The Bertz CT molecular complexity index is 421. The molecule has 120 valence electrons. The lowest BCUT2D eigenvalue weighted by atomic mass is 10.3. The maximum absolute atomic E-state index is 6.02. The molecule has 0 aliphatic rings. The Morgan fingerprint density at radius 3 is 2.76 bits per heavy atom. The van der Waals surface area contributed by atoms with Gasteiger partial charge < -0.3 is 15.4 Å². The molecule has 0 amide bonds. The lowest BCUT2D eigenvalue weighted by Crippen LogP contribution is -2.39. The average Bonchev–Trinajstić information content (AvgIpc) is 2.45. The molecule has 0 spiro atoms. The summed E-state index contributed by atoms with van der Waals surface area (Å²) in [7, 11) is 0. The predicted molar refractivity (Wildman–Crippen MR) is 105 cm³/mol. The van der Waals surface area contributed by atoms with Gasteiger partial charge in [0.15, 0.2) is 5.96 Å². The van der Waals surface area contributed by atoms with Gasteiger partial charge in [-0.15, -0.1) is 24.0 Å². The first kappa shape index (κ1) is 20.7. The van der Waals surface area contributed by atoms with E-state index in [1.54, 1.807) is 11.8 Å². The van der Waals surface area contributed by atoms with Crippen LogP contribution in [0.3, 0.4) is 0 Å². The quantitative estimate of drug-likeness (QED) is 0.280. The van der Waals surface area contributed by atoms with Gasteiger partial charge >= 0.3 is 0 Å². The first-order valence-corrected chi connectivity index (χ1v) is 8.43. The van der Waals surface area contributed by atoms with Crippen LogP contribution >= 0.6 is 47.3 Å². The highest BCUT2D eigenvalue weighted by atomic mass is 127. The maximum atomic E-state index is 6.02. The Morgan fingerprint density at radius 2 is 2.10 bits per heavy atom. The third-order valence-electron chi connectivity index (χ3n) is 2.40. The molecular weight excluding hydrogens is 421 g/mol. The molecule has 0 fully saturated rings. The van der Waals surface area contributed by atoms with Crippen molar-refractivity contribution in [2.45, 2.75) is 6.92 Å². The first-order valence-electron chi connectivity index (χ1n) is 6.66. The lowest BCUT2D eigenvalue weighted by molar-refractivity contribution is 0.322. The molecule has 1 rings (SSSR count). The van der Waals surface area contributed by atoms with Crippen LogP contribution in [0.25, 0.3) is 0 Å². The highest BCUT2D eigenvalue weighted by Crippen LogP contribution is 2.22. The van der Waals surface area contributed by atoms with E-state index < -0.39 is 0 Å². The Kier molecular flexibility index (Phi) is 13.1. The fourth-order valence-electron chi connectivity index (χ4n) is 1.48. The van der Waals surface area contributed by atoms with Crippen LogP contribution in [0.4, 0.5) is 0 Å². The average molecular weight is 444 g/mol. The van der Waals surface area contributed by atoms with Gasteiger partial charge in [-0.05, 0) is 25.3 Å². The second-order valence-electron chi connectivity index (χ2n) is 3.96. The molecule has 2 N–H and O–H groups in total. The van der Waals surface area contributed by atoms with Crippen molar-refractivity contribution in [3.63, 3.8) is 0 Å². The molecule has 0 radical (unpaired) electrons. The van der Waals surface area contributed by atoms with Crippen LogP contribution in [0.2, 0.25) is 5.02 Å². The van der Waals surface area contributed by atoms with E-state index in [9.17, 15) is 0 Å². The van der Waals surface area contributed by atoms with Crippen molar-refractivity contribution in [1.29, 1.82) is 0 Å². The van der Waals surface area contributed by atoms with E-state index in [0.717, 1.165) is 24.8 Å². The summed E-state index contributed by atoms with van der Waals surface area (Å²) in [4.78, 5) is 4.46. The number of benzene rings is 1. The smallest absolute Gasteiger partial charge is 0.191 e. The van der Waals surface area contributed by atoms with E-state index in [-0.39, 0.29) is 24.0 Å². The third kappa shape index (κ3) is 9.31. The number of thioether (sulfide) groups is 1. The molecule has 0 heterocycles. The van der Waals surface area contributed by atoms with Crippen LogP contribution in [-0.2, 0) is 0 Å². The molecule has 0 unspecified atom stereocenters. The molecule has 7 heteroatoms. The Hall–Kier alpha value is -0.340. The van der Waals surface area contributed by atoms with E-state index in [0.29, 0.717) is 23.9 Å². The summed E-state index contributed by atoms with van der Waals surface area (Å²) in [6.45, 7) is 4.91. The Morgan fingerprint density at radius 1 is 1.33 bits per heavy atom. The number of nitrogens with one attached hydrogen (secondary N) is 2. The van der Waals surface area contributed by atoms with Crippen molar-refractivity contribution in [1.82, 2.24) is 10.6 Å². The van der Waals surface area contributed by atoms with Gasteiger partial charge in [-0.25, -0.2) is 0 Å². The van der Waals surface area contributed by atoms with Crippen molar-refractivity contribution < 1.29 is 4.74 Å². The van der Waals surface area contributed by atoms with Crippen molar-refractivity contribution in [2.75, 3.05) is 38.2 Å². The van der Waals surface area contributed by atoms with Gasteiger partial charge in [0.25, 0.3) is 0 Å². The molecule has 0 saturated carbocycles. The highest BCUT2D eigenvalue weighted by molar-refractivity contribution is 14.0. The molecule has 1 aromatic rings. The van der Waals surface area contributed by atoms with Gasteiger partial charge in [0.05, 0.1) is 18.1 Å². The maximum Gasteiger partial charge on any atom is 0.191 e. The van der Waals surface area contributed by atoms with Crippen LogP contribution in [-0.4, -0.2) is 44.2 Å². The number of rotatable bonds is 8. The SMILES string of the molecule is CCNC(=NCCSC)NCCOc1ccccc1Cl.I. The largest absolute Gasteiger partial charge is 0.490 e. The number of ether oxygens (including phenoxy) is 1. The molecule has 4 nitrogen and oxygen atoms in total. The molecule has 21 heavy (non-hydrogen) atoms. The predicted octanol–water partition coefficient (Wildman–Crippen LogP) is 3.25. The molecule has 0 aromatic heterocycles. The molecule has 0 saturated heterocycles. The summed E-state index contributed by atoms with van der Waals surface area (Å²) in [5.41, 5.74) is 0. The van der Waals surface area contributed by atoms with Gasteiger partial charge in [-0.2, -0.15) is 11.8 Å². The van der Waals surface area contributed by atoms with Crippen molar-refractivity contribution in [2.24, 2.45) is 4.99 Å². The molecule has 1 aromatic carbocycles. The summed E-state index contributed by atoms with van der Waals surface area (Å²) in [6, 6.07) is 7.47.